The summed E-state index contributed by atoms with van der Waals surface area (Å²) in [5.74, 6) is 0. The summed E-state index contributed by atoms with van der Waals surface area (Å²) in [4.78, 5) is 0. The second-order valence-corrected chi connectivity index (χ2v) is 0. The van der Waals surface area contributed by atoms with E-state index in [0.717, 1.165) is 0 Å². The molecule has 1 N–H and O–H groups in total. The predicted molar refractivity (Wildman–Crippen MR) is 9.77 cm³/mol. The molecule has 0 saturated heterocycles. The Morgan fingerprint density at radius 1 is 1.25 bits per heavy atom. The fourth-order valence-corrected chi connectivity index (χ4v) is 0. The second kappa shape index (κ2) is 35.2. The zero-order valence-corrected chi connectivity index (χ0v) is 5.16. The van der Waals surface area contributed by atoms with Crippen LogP contribution in [-0.4, -0.2) is 28.5 Å². The molecule has 0 aliphatic carbocycles. The summed E-state index contributed by atoms with van der Waals surface area (Å²) in [6.45, 7) is 0. The van der Waals surface area contributed by atoms with Crippen LogP contribution in [0.5, 0.6) is 0 Å². The Morgan fingerprint density at radius 2 is 1.25 bits per heavy atom. The Hall–Kier alpha value is 1.02. The van der Waals surface area contributed by atoms with Crippen molar-refractivity contribution in [3.8, 4) is 0 Å². The third-order valence-corrected chi connectivity index (χ3v) is 0. The summed E-state index contributed by atoms with van der Waals surface area (Å²) in [5.41, 5.74) is 0. The molecule has 0 spiro atoms. The third kappa shape index (κ3) is 11.8. The molecule has 0 rings (SSSR count). The second-order valence-electron chi connectivity index (χ2n) is 0. The van der Waals surface area contributed by atoms with Crippen molar-refractivity contribution < 1.29 is 24.8 Å². The standard InChI is InChI=1S/Mg.Ni.H2O.O.H/h;;1H2;;/q+1;;;;/p-1. The van der Waals surface area contributed by atoms with Crippen molar-refractivity contribution in [2.45, 2.75) is 0 Å². The maximum absolute atomic E-state index is 7.88. The minimum atomic E-state index is 0. The average Bonchev–Trinajstić information content (AvgIpc) is 1.00. The minimum absolute atomic E-state index is 0. The van der Waals surface area contributed by atoms with Crippen molar-refractivity contribution in [1.29, 1.82) is 0 Å². The monoisotopic (exact) mass is 116 g/mol. The molecule has 0 unspecified atom stereocenters. The molecule has 0 saturated carbocycles. The van der Waals surface area contributed by atoms with Gasteiger partial charge in [-0.3, -0.25) is 0 Å². The van der Waals surface area contributed by atoms with E-state index in [1.165, 1.54) is 0 Å². The first-order valence-electron chi connectivity index (χ1n) is 0.129. The molecule has 0 amide bonds. The summed E-state index contributed by atoms with van der Waals surface area (Å²) in [6, 6.07) is 0. The molecule has 0 radical (unpaired) electrons. The van der Waals surface area contributed by atoms with E-state index in [2.05, 4.69) is 15.4 Å². The number of hydrogen-bond donors (Lipinski definition) is 0. The van der Waals surface area contributed by atoms with Crippen molar-refractivity contribution >= 4 is 23.1 Å². The molecular weight excluding hydrogens is 115 g/mol. The summed E-state index contributed by atoms with van der Waals surface area (Å²) in [7, 11) is 0. The van der Waals surface area contributed by atoms with Gasteiger partial charge in [-0.25, -0.2) is 0 Å². The Kier molecular flexibility index (Phi) is 175. The first-order chi connectivity index (χ1) is 1.00. The molecule has 0 aromatic carbocycles. The SMILES string of the molecule is [MgH+].[OH-].[O]=[Ni]. The quantitative estimate of drug-likeness (QED) is 0.384. The van der Waals surface area contributed by atoms with Crippen molar-refractivity contribution in [3.05, 3.63) is 0 Å². The van der Waals surface area contributed by atoms with Crippen LogP contribution in [0.4, 0.5) is 0 Å². The molecular formula is H2MgNiO2. The molecule has 0 bridgehead atoms. The van der Waals surface area contributed by atoms with Gasteiger partial charge in [-0.1, -0.05) is 0 Å². The van der Waals surface area contributed by atoms with Gasteiger partial charge in [-0.15, -0.1) is 0 Å². The Balaban J connectivity index is -0.00000000500. The van der Waals surface area contributed by atoms with Gasteiger partial charge in [0.25, 0.3) is 0 Å². The van der Waals surface area contributed by atoms with Crippen LogP contribution in [0.15, 0.2) is 0 Å². The van der Waals surface area contributed by atoms with Crippen LogP contribution in [0.3, 0.4) is 0 Å². The molecule has 0 heterocycles. The van der Waals surface area contributed by atoms with Crippen molar-refractivity contribution in [3.63, 3.8) is 0 Å². The number of rotatable bonds is 0. The zero-order chi connectivity index (χ0) is 2.00. The Labute approximate surface area is 48.0 Å². The van der Waals surface area contributed by atoms with Crippen LogP contribution in [-0.2, 0) is 19.3 Å². The molecule has 0 aliphatic heterocycles. The van der Waals surface area contributed by atoms with Gasteiger partial charge in [0, 0.05) is 0 Å². The van der Waals surface area contributed by atoms with E-state index in [9.17, 15) is 0 Å². The summed E-state index contributed by atoms with van der Waals surface area (Å²) in [5, 5.41) is 0. The molecule has 26 valence electrons. The summed E-state index contributed by atoms with van der Waals surface area (Å²) >= 11 is 2.62. The van der Waals surface area contributed by atoms with Gasteiger partial charge in [0.05, 0.1) is 0 Å². The normalized spacial score (nSPS) is 1.50. The van der Waals surface area contributed by atoms with E-state index in [0.29, 0.717) is 0 Å². The summed E-state index contributed by atoms with van der Waals surface area (Å²) < 4.78 is 7.88. The van der Waals surface area contributed by atoms with Crippen molar-refractivity contribution in [1.82, 2.24) is 0 Å². The van der Waals surface area contributed by atoms with Gasteiger partial charge in [-0.05, 0) is 0 Å². The maximum atomic E-state index is 7.88. The van der Waals surface area contributed by atoms with Crippen molar-refractivity contribution in [2.24, 2.45) is 0 Å². The first kappa shape index (κ1) is 19.9. The van der Waals surface area contributed by atoms with E-state index < -0.39 is 0 Å². The van der Waals surface area contributed by atoms with Gasteiger partial charge < -0.3 is 5.48 Å². The van der Waals surface area contributed by atoms with Gasteiger partial charge in [0.1, 0.15) is 0 Å². The zero-order valence-electron chi connectivity index (χ0n) is 2.17. The third-order valence-electron chi connectivity index (χ3n) is 0. The van der Waals surface area contributed by atoms with E-state index >= 15 is 0 Å². The molecule has 0 aromatic rings. The summed E-state index contributed by atoms with van der Waals surface area (Å²) in [6.07, 6.45) is 0. The van der Waals surface area contributed by atoms with Gasteiger partial charge in [0.15, 0.2) is 0 Å². The molecule has 2 nitrogen and oxygen atoms in total. The van der Waals surface area contributed by atoms with E-state index in [-0.39, 0.29) is 28.5 Å². The molecule has 0 aliphatic rings. The molecule has 4 heteroatoms. The fourth-order valence-electron chi connectivity index (χ4n) is 0. The van der Waals surface area contributed by atoms with E-state index in [1.807, 2.05) is 0 Å². The van der Waals surface area contributed by atoms with Crippen LogP contribution >= 0.6 is 0 Å². The topological polar surface area (TPSA) is 47.1 Å². The Bertz CT molecular complexity index is 6.00. The first-order valence-corrected chi connectivity index (χ1v) is 0.532. The van der Waals surface area contributed by atoms with Crippen molar-refractivity contribution in [2.75, 3.05) is 0 Å². The molecule has 0 fully saturated rings. The van der Waals surface area contributed by atoms with Crippen LogP contribution in [0.25, 0.3) is 0 Å². The van der Waals surface area contributed by atoms with Crippen LogP contribution in [0.2, 0.25) is 0 Å². The Morgan fingerprint density at radius 3 is 1.25 bits per heavy atom. The molecule has 4 heavy (non-hydrogen) atoms. The van der Waals surface area contributed by atoms with Gasteiger partial charge in [0.2, 0.25) is 0 Å². The molecule has 0 atom stereocenters. The average molecular weight is 117 g/mol. The van der Waals surface area contributed by atoms with Crippen LogP contribution < -0.4 is 0 Å². The fraction of sp³-hybridized carbons (Fsp3) is 0. The van der Waals surface area contributed by atoms with Gasteiger partial charge in [-0.2, -0.15) is 0 Å². The number of hydrogen-bond acceptors (Lipinski definition) is 2. The van der Waals surface area contributed by atoms with E-state index in [1.54, 1.807) is 0 Å². The van der Waals surface area contributed by atoms with Crippen LogP contribution in [0, 0.1) is 0 Å². The van der Waals surface area contributed by atoms with E-state index in [4.69, 9.17) is 3.90 Å². The predicted octanol–water partition coefficient (Wildman–Crippen LogP) is -0.947. The van der Waals surface area contributed by atoms with Crippen LogP contribution in [0.1, 0.15) is 0 Å². The van der Waals surface area contributed by atoms with Gasteiger partial charge >= 0.3 is 42.3 Å². The molecule has 0 aromatic heterocycles.